The van der Waals surface area contributed by atoms with E-state index in [4.69, 9.17) is 14.2 Å². The highest BCUT2D eigenvalue weighted by Crippen LogP contribution is 2.40. The molecule has 4 rings (SSSR count). The largest absolute Gasteiger partial charge is 0.491 e. The first-order chi connectivity index (χ1) is 19.2. The van der Waals surface area contributed by atoms with Crippen LogP contribution < -0.4 is 14.2 Å². The van der Waals surface area contributed by atoms with Crippen molar-refractivity contribution in [2.45, 2.75) is 33.6 Å². The Balaban J connectivity index is 1.49. The fourth-order valence-corrected chi connectivity index (χ4v) is 5.50. The third-order valence-electron chi connectivity index (χ3n) is 6.07. The van der Waals surface area contributed by atoms with Gasteiger partial charge in [-0.2, -0.15) is 0 Å². The van der Waals surface area contributed by atoms with Gasteiger partial charge in [-0.1, -0.05) is 44.2 Å². The van der Waals surface area contributed by atoms with Gasteiger partial charge in [0.05, 0.1) is 28.1 Å². The summed E-state index contributed by atoms with van der Waals surface area (Å²) in [5, 5.41) is -0.356. The standard InChI is InChI=1S/C31H30BrNO6S/c1-5-37-26-17-21(16-24(32)28(26)39-30(35)22-9-7-6-8-10-22)18-27-29(34)33(31(36)40-27)13-14-38-25-15-20(4)11-12-23(25)19(2)3/h6-12,15-19H,5,13-14H2,1-4H3/b27-18-. The average molecular weight is 625 g/mol. The van der Waals surface area contributed by atoms with E-state index in [0.29, 0.717) is 28.0 Å². The number of rotatable bonds is 10. The molecule has 0 aromatic heterocycles. The van der Waals surface area contributed by atoms with Crippen LogP contribution in [-0.2, 0) is 4.79 Å². The molecule has 9 heteroatoms. The molecule has 0 unspecified atom stereocenters. The van der Waals surface area contributed by atoms with Gasteiger partial charge in [-0.15, -0.1) is 0 Å². The molecule has 7 nitrogen and oxygen atoms in total. The molecule has 3 aromatic rings. The van der Waals surface area contributed by atoms with Crippen LogP contribution in [0.3, 0.4) is 0 Å². The first kappa shape index (κ1) is 29.4. The van der Waals surface area contributed by atoms with E-state index < -0.39 is 5.97 Å². The minimum absolute atomic E-state index is 0.135. The lowest BCUT2D eigenvalue weighted by molar-refractivity contribution is -0.123. The van der Waals surface area contributed by atoms with Crippen LogP contribution in [0.1, 0.15) is 53.7 Å². The van der Waals surface area contributed by atoms with E-state index in [0.717, 1.165) is 28.6 Å². The molecule has 0 spiro atoms. The zero-order chi connectivity index (χ0) is 28.8. The number of hydrogen-bond donors (Lipinski definition) is 0. The Morgan fingerprint density at radius 1 is 1.02 bits per heavy atom. The molecule has 1 heterocycles. The summed E-state index contributed by atoms with van der Waals surface area (Å²) in [6.07, 6.45) is 1.62. The number of imide groups is 1. The van der Waals surface area contributed by atoms with Gasteiger partial charge < -0.3 is 14.2 Å². The molecule has 1 fully saturated rings. The summed E-state index contributed by atoms with van der Waals surface area (Å²) >= 11 is 4.33. The van der Waals surface area contributed by atoms with Crippen molar-refractivity contribution in [3.05, 3.63) is 92.3 Å². The van der Waals surface area contributed by atoms with E-state index >= 15 is 0 Å². The number of carbonyl (C=O) groups is 3. The van der Waals surface area contributed by atoms with Crippen LogP contribution in [0.25, 0.3) is 6.08 Å². The van der Waals surface area contributed by atoms with Crippen molar-refractivity contribution < 1.29 is 28.6 Å². The SMILES string of the molecule is CCOc1cc(/C=C2\SC(=O)N(CCOc3cc(C)ccc3C(C)C)C2=O)cc(Br)c1OC(=O)c1ccccc1. The van der Waals surface area contributed by atoms with E-state index in [2.05, 4.69) is 29.8 Å². The minimum atomic E-state index is -0.524. The molecule has 1 aliphatic rings. The number of nitrogens with zero attached hydrogens (tertiary/aromatic N) is 1. The number of ether oxygens (including phenoxy) is 3. The third-order valence-corrected chi connectivity index (χ3v) is 7.57. The molecular formula is C31H30BrNO6S. The van der Waals surface area contributed by atoms with Gasteiger partial charge >= 0.3 is 5.97 Å². The Kier molecular flexibility index (Phi) is 9.71. The van der Waals surface area contributed by atoms with Crippen molar-refractivity contribution in [1.29, 1.82) is 0 Å². The van der Waals surface area contributed by atoms with Crippen LogP contribution in [0.5, 0.6) is 17.2 Å². The molecule has 208 valence electrons. The van der Waals surface area contributed by atoms with E-state index in [1.807, 2.05) is 38.1 Å². The smallest absolute Gasteiger partial charge is 0.343 e. The number of esters is 1. The van der Waals surface area contributed by atoms with E-state index in [1.54, 1.807) is 42.5 Å². The van der Waals surface area contributed by atoms with Crippen molar-refractivity contribution in [3.63, 3.8) is 0 Å². The molecule has 2 amide bonds. The van der Waals surface area contributed by atoms with E-state index in [9.17, 15) is 14.4 Å². The second-order valence-electron chi connectivity index (χ2n) is 9.40. The number of aryl methyl sites for hydroxylation is 1. The molecule has 1 saturated heterocycles. The van der Waals surface area contributed by atoms with Gasteiger partial charge in [0.1, 0.15) is 12.4 Å². The van der Waals surface area contributed by atoms with Crippen LogP contribution in [0.4, 0.5) is 4.79 Å². The summed E-state index contributed by atoms with van der Waals surface area (Å²) in [5.41, 5.74) is 3.17. The van der Waals surface area contributed by atoms with E-state index in [-0.39, 0.29) is 40.9 Å². The number of hydrogen-bond acceptors (Lipinski definition) is 7. The Morgan fingerprint density at radius 2 is 1.77 bits per heavy atom. The van der Waals surface area contributed by atoms with Crippen LogP contribution in [-0.4, -0.2) is 41.8 Å². The highest BCUT2D eigenvalue weighted by atomic mass is 79.9. The third kappa shape index (κ3) is 6.95. The normalized spacial score (nSPS) is 14.2. The maximum absolute atomic E-state index is 13.1. The van der Waals surface area contributed by atoms with Crippen molar-refractivity contribution >= 4 is 50.9 Å². The number of thioether (sulfide) groups is 1. The molecule has 0 radical (unpaired) electrons. The lowest BCUT2D eigenvalue weighted by Crippen LogP contribution is -2.32. The molecule has 0 N–H and O–H groups in total. The van der Waals surface area contributed by atoms with Gasteiger partial charge in [0.2, 0.25) is 0 Å². The summed E-state index contributed by atoms with van der Waals surface area (Å²) < 4.78 is 17.8. The van der Waals surface area contributed by atoms with Crippen LogP contribution in [0.2, 0.25) is 0 Å². The Bertz CT molecular complexity index is 1450. The number of carbonyl (C=O) groups excluding carboxylic acids is 3. The molecule has 40 heavy (non-hydrogen) atoms. The van der Waals surface area contributed by atoms with Gasteiger partial charge in [-0.25, -0.2) is 4.79 Å². The molecule has 0 saturated carbocycles. The van der Waals surface area contributed by atoms with Gasteiger partial charge in [-0.3, -0.25) is 14.5 Å². The molecule has 0 bridgehead atoms. The molecule has 0 aliphatic carbocycles. The fourth-order valence-electron chi connectivity index (χ4n) is 4.09. The van der Waals surface area contributed by atoms with Crippen molar-refractivity contribution in [3.8, 4) is 17.2 Å². The average Bonchev–Trinajstić information content (AvgIpc) is 3.18. The van der Waals surface area contributed by atoms with Gasteiger partial charge in [0.25, 0.3) is 11.1 Å². The maximum Gasteiger partial charge on any atom is 0.343 e. The van der Waals surface area contributed by atoms with Crippen LogP contribution >= 0.6 is 27.7 Å². The predicted molar refractivity (Wildman–Crippen MR) is 160 cm³/mol. The van der Waals surface area contributed by atoms with Gasteiger partial charge in [0.15, 0.2) is 11.5 Å². The van der Waals surface area contributed by atoms with Crippen LogP contribution in [0, 0.1) is 6.92 Å². The number of benzene rings is 3. The van der Waals surface area contributed by atoms with Crippen molar-refractivity contribution in [1.82, 2.24) is 4.90 Å². The Morgan fingerprint density at radius 3 is 2.48 bits per heavy atom. The molecular weight excluding hydrogens is 594 g/mol. The molecule has 1 aliphatic heterocycles. The summed E-state index contributed by atoms with van der Waals surface area (Å²) in [7, 11) is 0. The maximum atomic E-state index is 13.1. The zero-order valence-corrected chi connectivity index (χ0v) is 25.1. The Labute approximate surface area is 246 Å². The lowest BCUT2D eigenvalue weighted by atomic mass is 10.0. The van der Waals surface area contributed by atoms with Crippen LogP contribution in [0.15, 0.2) is 70.0 Å². The molecule has 0 atom stereocenters. The van der Waals surface area contributed by atoms with Gasteiger partial charge in [-0.05, 0) is 101 Å². The number of halogens is 1. The quantitative estimate of drug-likeness (QED) is 0.130. The van der Waals surface area contributed by atoms with Crippen molar-refractivity contribution in [2.24, 2.45) is 0 Å². The Hall–Kier alpha value is -3.56. The summed E-state index contributed by atoms with van der Waals surface area (Å²) in [5.74, 6) is 0.697. The number of amides is 2. The minimum Gasteiger partial charge on any atom is -0.491 e. The predicted octanol–water partition coefficient (Wildman–Crippen LogP) is 7.61. The monoisotopic (exact) mass is 623 g/mol. The first-order valence-electron chi connectivity index (χ1n) is 12.9. The van der Waals surface area contributed by atoms with Gasteiger partial charge in [0, 0.05) is 0 Å². The summed E-state index contributed by atoms with van der Waals surface area (Å²) in [4.78, 5) is 39.9. The second kappa shape index (κ2) is 13.2. The first-order valence-corrected chi connectivity index (χ1v) is 14.5. The summed E-state index contributed by atoms with van der Waals surface area (Å²) in [6, 6.07) is 18.1. The van der Waals surface area contributed by atoms with Crippen molar-refractivity contribution in [2.75, 3.05) is 19.8 Å². The fraction of sp³-hybridized carbons (Fsp3) is 0.258. The highest BCUT2D eigenvalue weighted by molar-refractivity contribution is 9.10. The highest BCUT2D eigenvalue weighted by Gasteiger charge is 2.35. The topological polar surface area (TPSA) is 82.1 Å². The molecule has 3 aromatic carbocycles. The summed E-state index contributed by atoms with van der Waals surface area (Å²) in [6.45, 7) is 8.65. The lowest BCUT2D eigenvalue weighted by Gasteiger charge is -2.17. The second-order valence-corrected chi connectivity index (χ2v) is 11.2. The van der Waals surface area contributed by atoms with E-state index in [1.165, 1.54) is 4.90 Å². The zero-order valence-electron chi connectivity index (χ0n) is 22.7.